The van der Waals surface area contributed by atoms with Crippen molar-refractivity contribution in [2.24, 2.45) is 22.7 Å². The summed E-state index contributed by atoms with van der Waals surface area (Å²) < 4.78 is 0. The minimum absolute atomic E-state index is 0.0883. The molecule has 3 nitrogen and oxygen atoms in total. The lowest BCUT2D eigenvalue weighted by atomic mass is 9.59. The van der Waals surface area contributed by atoms with E-state index in [4.69, 9.17) is 0 Å². The van der Waals surface area contributed by atoms with E-state index in [1.165, 1.54) is 0 Å². The van der Waals surface area contributed by atoms with Crippen molar-refractivity contribution in [3.63, 3.8) is 0 Å². The van der Waals surface area contributed by atoms with E-state index < -0.39 is 11.9 Å². The van der Waals surface area contributed by atoms with Crippen LogP contribution in [-0.4, -0.2) is 16.2 Å². The molecule has 1 aliphatic carbocycles. The molecule has 0 amide bonds. The van der Waals surface area contributed by atoms with Crippen molar-refractivity contribution in [1.29, 1.82) is 0 Å². The first-order valence-electron chi connectivity index (χ1n) is 8.05. The fourth-order valence-electron chi connectivity index (χ4n) is 3.66. The minimum atomic E-state index is -1.14. The summed E-state index contributed by atoms with van der Waals surface area (Å²) in [6, 6.07) is 0. The van der Waals surface area contributed by atoms with Gasteiger partial charge in [0.15, 0.2) is 0 Å². The third kappa shape index (κ3) is 3.40. The number of carbonyl (C=O) groups is 1. The molecule has 0 aliphatic heterocycles. The van der Waals surface area contributed by atoms with Crippen LogP contribution in [0.3, 0.4) is 0 Å². The number of aliphatic carboxylic acids is 1. The lowest BCUT2D eigenvalue weighted by molar-refractivity contribution is -0.132. The number of carboxylic acids is 1. The Kier molecular flexibility index (Phi) is 5.10. The van der Waals surface area contributed by atoms with Crippen LogP contribution >= 0.6 is 0 Å². The van der Waals surface area contributed by atoms with Gasteiger partial charge in [0.2, 0.25) is 0 Å². The molecule has 1 rings (SSSR count). The predicted octanol–water partition coefficient (Wildman–Crippen LogP) is 5.45. The Morgan fingerprint density at radius 2 is 1.50 bits per heavy atom. The molecule has 3 heteroatoms. The number of rotatable bonds is 3. The Labute approximate surface area is 145 Å². The molecule has 132 valence electrons. The van der Waals surface area contributed by atoms with Gasteiger partial charge in [0.1, 0.15) is 5.76 Å². The number of carboxylic acid groups (broad SMARTS) is 1. The summed E-state index contributed by atoms with van der Waals surface area (Å²) in [6.07, 6.45) is 0. The highest BCUT2D eigenvalue weighted by molar-refractivity contribution is 5.91. The van der Waals surface area contributed by atoms with Gasteiger partial charge in [-0.05, 0) is 27.5 Å². The first-order chi connectivity index (χ1) is 10.6. The van der Waals surface area contributed by atoms with Crippen molar-refractivity contribution in [3.8, 4) is 0 Å². The van der Waals surface area contributed by atoms with Gasteiger partial charge in [-0.25, -0.2) is 4.79 Å². The average Bonchev–Trinajstić information content (AvgIpc) is 2.33. The smallest absolute Gasteiger partial charge is 0.335 e. The van der Waals surface area contributed by atoms with Crippen LogP contribution in [-0.2, 0) is 4.79 Å². The second-order valence-corrected chi connectivity index (χ2v) is 8.65. The number of aliphatic hydroxyl groups is 1. The Morgan fingerprint density at radius 3 is 1.83 bits per heavy atom. The average molecular weight is 330 g/mol. The Bertz CT molecular complexity index is 660. The van der Waals surface area contributed by atoms with Gasteiger partial charge in [0.05, 0.1) is 11.5 Å². The maximum Gasteiger partial charge on any atom is 0.335 e. The van der Waals surface area contributed by atoms with Crippen molar-refractivity contribution in [2.75, 3.05) is 0 Å². The van der Waals surface area contributed by atoms with E-state index in [2.05, 4.69) is 47.1 Å². The quantitative estimate of drug-likeness (QED) is 0.411. The summed E-state index contributed by atoms with van der Waals surface area (Å²) in [4.78, 5) is 11.3. The molecule has 0 saturated carbocycles. The van der Waals surface area contributed by atoms with Crippen molar-refractivity contribution in [2.45, 2.75) is 41.5 Å². The van der Waals surface area contributed by atoms with E-state index in [-0.39, 0.29) is 33.7 Å². The summed E-state index contributed by atoms with van der Waals surface area (Å²) in [7, 11) is 0. The van der Waals surface area contributed by atoms with Crippen molar-refractivity contribution in [1.82, 2.24) is 0 Å². The van der Waals surface area contributed by atoms with Gasteiger partial charge < -0.3 is 10.2 Å². The summed E-state index contributed by atoms with van der Waals surface area (Å²) in [5.74, 6) is -1.80. The third-order valence-electron chi connectivity index (χ3n) is 4.55. The SMILES string of the molecule is C=C(C(=C)C1C(=C)C(C(C)(C)C)C(=C)C(C(C)(C)C)=C1O)C(=O)O. The molecule has 2 unspecified atom stereocenters. The van der Waals surface area contributed by atoms with Crippen LogP contribution in [0, 0.1) is 22.7 Å². The summed E-state index contributed by atoms with van der Waals surface area (Å²) >= 11 is 0. The van der Waals surface area contributed by atoms with Crippen molar-refractivity contribution >= 4 is 5.97 Å². The standard InChI is InChI=1S/C21H30O3/c1-11(12(2)19(23)24)15-13(3)16(20(5,6)7)14(4)17(18(15)22)21(8,9)10/h15-16,22H,1-4H2,5-10H3,(H,23,24). The molecule has 0 aromatic heterocycles. The molecule has 0 bridgehead atoms. The molecule has 0 saturated heterocycles. The zero-order chi connectivity index (χ0) is 19.2. The van der Waals surface area contributed by atoms with E-state index in [1.807, 2.05) is 20.8 Å². The summed E-state index contributed by atoms with van der Waals surface area (Å²) in [6.45, 7) is 28.2. The molecule has 0 heterocycles. The van der Waals surface area contributed by atoms with Gasteiger partial charge in [-0.2, -0.15) is 0 Å². The maximum atomic E-state index is 11.3. The monoisotopic (exact) mass is 330 g/mol. The normalized spacial score (nSPS) is 22.6. The maximum absolute atomic E-state index is 11.3. The molecule has 2 atom stereocenters. The van der Waals surface area contributed by atoms with Gasteiger partial charge in [-0.1, -0.05) is 73.4 Å². The molecule has 0 radical (unpaired) electrons. The molecule has 2 N–H and O–H groups in total. The first kappa shape index (κ1) is 20.0. The van der Waals surface area contributed by atoms with Gasteiger partial charge in [-0.3, -0.25) is 0 Å². The second kappa shape index (κ2) is 6.12. The lowest BCUT2D eigenvalue weighted by Gasteiger charge is -2.45. The highest BCUT2D eigenvalue weighted by Crippen LogP contribution is 2.53. The Balaban J connectivity index is 3.68. The molecule has 0 spiro atoms. The van der Waals surface area contributed by atoms with Crippen molar-refractivity contribution in [3.05, 3.63) is 59.9 Å². The van der Waals surface area contributed by atoms with Gasteiger partial charge in [-0.15, -0.1) is 0 Å². The van der Waals surface area contributed by atoms with E-state index in [1.54, 1.807) is 0 Å². The van der Waals surface area contributed by atoms with Crippen molar-refractivity contribution < 1.29 is 15.0 Å². The molecular formula is C21H30O3. The number of hydrogen-bond acceptors (Lipinski definition) is 2. The topological polar surface area (TPSA) is 57.5 Å². The van der Waals surface area contributed by atoms with Crippen LogP contribution in [0.1, 0.15) is 41.5 Å². The van der Waals surface area contributed by atoms with Gasteiger partial charge in [0.25, 0.3) is 0 Å². The second-order valence-electron chi connectivity index (χ2n) is 8.65. The van der Waals surface area contributed by atoms with Crippen LogP contribution in [0.15, 0.2) is 59.9 Å². The fourth-order valence-corrected chi connectivity index (χ4v) is 3.66. The van der Waals surface area contributed by atoms with E-state index in [0.29, 0.717) is 5.57 Å². The van der Waals surface area contributed by atoms with Gasteiger partial charge >= 0.3 is 5.97 Å². The van der Waals surface area contributed by atoms with E-state index in [0.717, 1.165) is 11.1 Å². The summed E-state index contributed by atoms with van der Waals surface area (Å²) in [5, 5.41) is 20.2. The van der Waals surface area contributed by atoms with Crippen LogP contribution in [0.5, 0.6) is 0 Å². The van der Waals surface area contributed by atoms with Crippen LogP contribution < -0.4 is 0 Å². The van der Waals surface area contributed by atoms with E-state index in [9.17, 15) is 15.0 Å². The highest BCUT2D eigenvalue weighted by atomic mass is 16.4. The molecular weight excluding hydrogens is 300 g/mol. The van der Waals surface area contributed by atoms with E-state index >= 15 is 0 Å². The number of allylic oxidation sites excluding steroid dienone is 3. The third-order valence-corrected chi connectivity index (χ3v) is 4.55. The molecule has 24 heavy (non-hydrogen) atoms. The minimum Gasteiger partial charge on any atom is -0.511 e. The zero-order valence-electron chi connectivity index (χ0n) is 15.8. The first-order valence-corrected chi connectivity index (χ1v) is 8.05. The number of aliphatic hydroxyl groups excluding tert-OH is 1. The fraction of sp³-hybridized carbons (Fsp3) is 0.476. The summed E-state index contributed by atoms with van der Waals surface area (Å²) in [5.41, 5.74) is 1.95. The van der Waals surface area contributed by atoms with Crippen LogP contribution in [0.2, 0.25) is 0 Å². The largest absolute Gasteiger partial charge is 0.511 e. The molecule has 0 aromatic rings. The zero-order valence-corrected chi connectivity index (χ0v) is 15.8. The Morgan fingerprint density at radius 1 is 1.04 bits per heavy atom. The number of hydrogen-bond donors (Lipinski definition) is 2. The Hall–Kier alpha value is -2.03. The highest BCUT2D eigenvalue weighted by Gasteiger charge is 2.45. The van der Waals surface area contributed by atoms with Gasteiger partial charge in [0, 0.05) is 5.92 Å². The lowest BCUT2D eigenvalue weighted by Crippen LogP contribution is -2.36. The molecule has 0 fully saturated rings. The molecule has 0 aromatic carbocycles. The van der Waals surface area contributed by atoms with Crippen LogP contribution in [0.25, 0.3) is 0 Å². The molecule has 1 aliphatic rings. The predicted molar refractivity (Wildman–Crippen MR) is 99.7 cm³/mol. The van der Waals surface area contributed by atoms with Crippen LogP contribution in [0.4, 0.5) is 0 Å².